The van der Waals surface area contributed by atoms with Crippen LogP contribution in [0.15, 0.2) is 65.4 Å². The van der Waals surface area contributed by atoms with Crippen LogP contribution in [0.3, 0.4) is 0 Å². The molecule has 0 amide bonds. The van der Waals surface area contributed by atoms with Crippen molar-refractivity contribution in [1.82, 2.24) is 0 Å². The van der Waals surface area contributed by atoms with Crippen molar-refractivity contribution in [1.29, 1.82) is 0 Å². The second-order valence-electron chi connectivity index (χ2n) is 6.18. The van der Waals surface area contributed by atoms with Crippen LogP contribution in [-0.4, -0.2) is 21.3 Å². The molecule has 0 unspecified atom stereocenters. The van der Waals surface area contributed by atoms with Crippen molar-refractivity contribution in [2.24, 2.45) is 0 Å². The van der Waals surface area contributed by atoms with Crippen molar-refractivity contribution in [3.63, 3.8) is 0 Å². The largest absolute Gasteiger partial charge is 0.493 e. The molecule has 1 aromatic heterocycles. The third-order valence-corrected chi connectivity index (χ3v) is 5.44. The molecular weight excluding hydrogens is 356 g/mol. The maximum absolute atomic E-state index is 5.52. The Morgan fingerprint density at radius 2 is 1.26 bits per heavy atom. The standard InChI is InChI=1S/C23H20O3S/c1-24-21-11-18(12-22(25-2)23(21)26-3)20-14-27-13-19(20)17-9-8-15-6-4-5-7-16(15)10-17/h4-14H,1-3H3. The van der Waals surface area contributed by atoms with Gasteiger partial charge in [0.05, 0.1) is 21.3 Å². The van der Waals surface area contributed by atoms with Gasteiger partial charge in [-0.1, -0.05) is 36.4 Å². The maximum atomic E-state index is 5.52. The number of hydrogen-bond donors (Lipinski definition) is 0. The van der Waals surface area contributed by atoms with Crippen LogP contribution in [-0.2, 0) is 0 Å². The lowest BCUT2D eigenvalue weighted by molar-refractivity contribution is 0.324. The first-order chi connectivity index (χ1) is 13.2. The fraction of sp³-hybridized carbons (Fsp3) is 0.130. The molecule has 0 saturated carbocycles. The summed E-state index contributed by atoms with van der Waals surface area (Å²) in [4.78, 5) is 0. The van der Waals surface area contributed by atoms with Gasteiger partial charge in [-0.3, -0.25) is 0 Å². The lowest BCUT2D eigenvalue weighted by atomic mass is 9.96. The molecule has 0 saturated heterocycles. The number of methoxy groups -OCH3 is 3. The summed E-state index contributed by atoms with van der Waals surface area (Å²) >= 11 is 1.69. The van der Waals surface area contributed by atoms with Crippen molar-refractivity contribution in [3.05, 3.63) is 65.4 Å². The Hall–Kier alpha value is -2.98. The first-order valence-electron chi connectivity index (χ1n) is 8.61. The van der Waals surface area contributed by atoms with Gasteiger partial charge in [-0.25, -0.2) is 0 Å². The minimum Gasteiger partial charge on any atom is -0.493 e. The maximum Gasteiger partial charge on any atom is 0.203 e. The Bertz CT molecular complexity index is 1070. The lowest BCUT2D eigenvalue weighted by Gasteiger charge is -2.14. The van der Waals surface area contributed by atoms with E-state index in [1.165, 1.54) is 21.9 Å². The van der Waals surface area contributed by atoms with E-state index in [0.717, 1.165) is 11.1 Å². The van der Waals surface area contributed by atoms with Gasteiger partial charge in [0, 0.05) is 11.1 Å². The van der Waals surface area contributed by atoms with Crippen molar-refractivity contribution in [3.8, 4) is 39.5 Å². The third-order valence-electron chi connectivity index (χ3n) is 4.70. The summed E-state index contributed by atoms with van der Waals surface area (Å²) in [5.74, 6) is 1.91. The average molecular weight is 376 g/mol. The van der Waals surface area contributed by atoms with E-state index >= 15 is 0 Å². The fourth-order valence-electron chi connectivity index (χ4n) is 3.34. The number of benzene rings is 3. The molecule has 0 radical (unpaired) electrons. The normalized spacial score (nSPS) is 10.8. The predicted molar refractivity (Wildman–Crippen MR) is 112 cm³/mol. The first kappa shape index (κ1) is 17.4. The molecule has 4 aromatic rings. The highest BCUT2D eigenvalue weighted by Crippen LogP contribution is 2.44. The Balaban J connectivity index is 1.86. The number of thiophene rings is 1. The minimum atomic E-state index is 0.603. The summed E-state index contributed by atoms with van der Waals surface area (Å²) in [5, 5.41) is 6.82. The molecule has 3 aromatic carbocycles. The van der Waals surface area contributed by atoms with Gasteiger partial charge in [0.2, 0.25) is 5.75 Å². The lowest BCUT2D eigenvalue weighted by Crippen LogP contribution is -1.95. The molecule has 4 rings (SSSR count). The highest BCUT2D eigenvalue weighted by Gasteiger charge is 2.17. The van der Waals surface area contributed by atoms with E-state index in [4.69, 9.17) is 14.2 Å². The van der Waals surface area contributed by atoms with Crippen molar-refractivity contribution < 1.29 is 14.2 Å². The SMILES string of the molecule is COc1cc(-c2cscc2-c2ccc3ccccc3c2)cc(OC)c1OC. The topological polar surface area (TPSA) is 27.7 Å². The molecule has 0 aliphatic carbocycles. The molecule has 0 aliphatic heterocycles. The summed E-state index contributed by atoms with van der Waals surface area (Å²) in [6, 6.07) is 19.0. The summed E-state index contributed by atoms with van der Waals surface area (Å²) in [6.45, 7) is 0. The molecule has 0 N–H and O–H groups in total. The van der Waals surface area contributed by atoms with Gasteiger partial charge < -0.3 is 14.2 Å². The summed E-state index contributed by atoms with van der Waals surface area (Å²) < 4.78 is 16.5. The van der Waals surface area contributed by atoms with Crippen LogP contribution in [0.25, 0.3) is 33.0 Å². The third kappa shape index (κ3) is 3.13. The number of hydrogen-bond acceptors (Lipinski definition) is 4. The molecule has 3 nitrogen and oxygen atoms in total. The molecule has 0 bridgehead atoms. The van der Waals surface area contributed by atoms with Gasteiger partial charge in [0.25, 0.3) is 0 Å². The van der Waals surface area contributed by atoms with Gasteiger partial charge in [0.1, 0.15) is 0 Å². The van der Waals surface area contributed by atoms with Crippen molar-refractivity contribution in [2.75, 3.05) is 21.3 Å². The average Bonchev–Trinajstić information content (AvgIpc) is 3.22. The van der Waals surface area contributed by atoms with Gasteiger partial charge in [-0.2, -0.15) is 11.3 Å². The number of fused-ring (bicyclic) bond motifs is 1. The first-order valence-corrected chi connectivity index (χ1v) is 9.55. The van der Waals surface area contributed by atoms with E-state index in [1.54, 1.807) is 32.7 Å². The molecule has 0 fully saturated rings. The zero-order valence-electron chi connectivity index (χ0n) is 15.5. The second kappa shape index (κ2) is 7.33. The van der Waals surface area contributed by atoms with Crippen LogP contribution < -0.4 is 14.2 Å². The predicted octanol–water partition coefficient (Wildman–Crippen LogP) is 6.26. The van der Waals surface area contributed by atoms with Crippen LogP contribution in [0.4, 0.5) is 0 Å². The van der Waals surface area contributed by atoms with E-state index in [-0.39, 0.29) is 0 Å². The molecule has 0 atom stereocenters. The quantitative estimate of drug-likeness (QED) is 0.411. The molecule has 136 valence electrons. The van der Waals surface area contributed by atoms with E-state index in [0.29, 0.717) is 17.2 Å². The van der Waals surface area contributed by atoms with Crippen LogP contribution >= 0.6 is 11.3 Å². The van der Waals surface area contributed by atoms with E-state index in [1.807, 2.05) is 12.1 Å². The monoisotopic (exact) mass is 376 g/mol. The number of ether oxygens (including phenoxy) is 3. The molecule has 1 heterocycles. The Labute approximate surface area is 162 Å². The van der Waals surface area contributed by atoms with Crippen molar-refractivity contribution in [2.45, 2.75) is 0 Å². The van der Waals surface area contributed by atoms with Crippen LogP contribution in [0.2, 0.25) is 0 Å². The minimum absolute atomic E-state index is 0.603. The zero-order chi connectivity index (χ0) is 18.8. The van der Waals surface area contributed by atoms with Crippen LogP contribution in [0.5, 0.6) is 17.2 Å². The van der Waals surface area contributed by atoms with E-state index in [2.05, 4.69) is 53.2 Å². The van der Waals surface area contributed by atoms with E-state index < -0.39 is 0 Å². The summed E-state index contributed by atoms with van der Waals surface area (Å²) in [7, 11) is 4.89. The highest BCUT2D eigenvalue weighted by molar-refractivity contribution is 7.08. The van der Waals surface area contributed by atoms with E-state index in [9.17, 15) is 0 Å². The Kier molecular flexibility index (Phi) is 4.73. The van der Waals surface area contributed by atoms with Crippen LogP contribution in [0.1, 0.15) is 0 Å². The zero-order valence-corrected chi connectivity index (χ0v) is 16.3. The number of rotatable bonds is 5. The van der Waals surface area contributed by atoms with Gasteiger partial charge in [0.15, 0.2) is 11.5 Å². The molecule has 4 heteroatoms. The highest BCUT2D eigenvalue weighted by atomic mass is 32.1. The smallest absolute Gasteiger partial charge is 0.203 e. The second-order valence-corrected chi connectivity index (χ2v) is 6.92. The van der Waals surface area contributed by atoms with Crippen LogP contribution in [0, 0.1) is 0 Å². The Morgan fingerprint density at radius 3 is 1.89 bits per heavy atom. The summed E-state index contributed by atoms with van der Waals surface area (Å²) in [5.41, 5.74) is 4.57. The fourth-order valence-corrected chi connectivity index (χ4v) is 4.20. The molecule has 0 aliphatic rings. The van der Waals surface area contributed by atoms with Gasteiger partial charge in [-0.05, 0) is 50.9 Å². The van der Waals surface area contributed by atoms with Gasteiger partial charge in [-0.15, -0.1) is 0 Å². The molecule has 27 heavy (non-hydrogen) atoms. The Morgan fingerprint density at radius 1 is 0.630 bits per heavy atom. The van der Waals surface area contributed by atoms with Gasteiger partial charge >= 0.3 is 0 Å². The van der Waals surface area contributed by atoms with Crippen molar-refractivity contribution >= 4 is 22.1 Å². The molecule has 0 spiro atoms. The summed E-state index contributed by atoms with van der Waals surface area (Å²) in [6.07, 6.45) is 0. The molecular formula is C23H20O3S.